The van der Waals surface area contributed by atoms with Gasteiger partial charge in [-0.25, -0.2) is 4.79 Å². The van der Waals surface area contributed by atoms with Crippen LogP contribution < -0.4 is 14.8 Å². The number of anilines is 1. The van der Waals surface area contributed by atoms with E-state index in [4.69, 9.17) is 19.0 Å². The predicted octanol–water partition coefficient (Wildman–Crippen LogP) is 2.63. The summed E-state index contributed by atoms with van der Waals surface area (Å²) in [6, 6.07) is 7.22. The number of carboxylic acids is 1. The normalized spacial score (nSPS) is 12.4. The average molecular weight is 275 g/mol. The Kier molecular flexibility index (Phi) is 2.98. The maximum absolute atomic E-state index is 10.9. The minimum absolute atomic E-state index is 0.0208. The molecule has 0 saturated carbocycles. The third kappa shape index (κ3) is 2.27. The lowest BCUT2D eigenvalue weighted by atomic mass is 10.2. The second-order valence-corrected chi connectivity index (χ2v) is 4.45. The lowest BCUT2D eigenvalue weighted by Crippen LogP contribution is -1.98. The molecule has 0 fully saturated rings. The molecule has 3 rings (SSSR count). The van der Waals surface area contributed by atoms with Gasteiger partial charge in [-0.2, -0.15) is 0 Å². The van der Waals surface area contributed by atoms with Gasteiger partial charge in [0.05, 0.1) is 6.54 Å². The number of carboxylic acid groups (broad SMARTS) is 1. The van der Waals surface area contributed by atoms with E-state index in [-0.39, 0.29) is 12.6 Å². The summed E-state index contributed by atoms with van der Waals surface area (Å²) in [5.41, 5.74) is 1.46. The second-order valence-electron chi connectivity index (χ2n) is 4.45. The van der Waals surface area contributed by atoms with E-state index in [0.717, 1.165) is 11.4 Å². The lowest BCUT2D eigenvalue weighted by molar-refractivity contribution is 0.0659. The lowest BCUT2D eigenvalue weighted by Gasteiger charge is -2.05. The SMILES string of the molecule is Cc1cc(CNc2ccc3c(c2)OCO3)oc1C(=O)O. The zero-order chi connectivity index (χ0) is 14.1. The standard InChI is InChI=1S/C14H13NO5/c1-8-4-10(20-13(8)14(16)17)6-15-9-2-3-11-12(5-9)19-7-18-11/h2-5,15H,6-7H2,1H3,(H,16,17). The number of fused-ring (bicyclic) bond motifs is 1. The number of aryl methyl sites for hydroxylation is 1. The number of benzene rings is 1. The average Bonchev–Trinajstić information content (AvgIpc) is 3.01. The van der Waals surface area contributed by atoms with Gasteiger partial charge in [0, 0.05) is 17.3 Å². The van der Waals surface area contributed by atoms with Gasteiger partial charge in [-0.15, -0.1) is 0 Å². The Hall–Kier alpha value is -2.63. The molecule has 0 aliphatic carbocycles. The Labute approximate surface area is 114 Å². The summed E-state index contributed by atoms with van der Waals surface area (Å²) >= 11 is 0. The molecule has 0 saturated heterocycles. The van der Waals surface area contributed by atoms with E-state index in [9.17, 15) is 4.79 Å². The van der Waals surface area contributed by atoms with Gasteiger partial charge in [0.15, 0.2) is 11.5 Å². The van der Waals surface area contributed by atoms with Crippen LogP contribution in [0.4, 0.5) is 5.69 Å². The number of hydrogen-bond acceptors (Lipinski definition) is 5. The number of rotatable bonds is 4. The first-order valence-electron chi connectivity index (χ1n) is 6.09. The van der Waals surface area contributed by atoms with Gasteiger partial charge >= 0.3 is 5.97 Å². The van der Waals surface area contributed by atoms with E-state index in [1.54, 1.807) is 13.0 Å². The molecule has 1 aromatic carbocycles. The summed E-state index contributed by atoms with van der Waals surface area (Å²) in [4.78, 5) is 10.9. The molecule has 104 valence electrons. The first-order chi connectivity index (χ1) is 9.63. The smallest absolute Gasteiger partial charge is 0.372 e. The molecule has 20 heavy (non-hydrogen) atoms. The van der Waals surface area contributed by atoms with Gasteiger partial charge in [0.25, 0.3) is 0 Å². The Balaban J connectivity index is 1.70. The highest BCUT2D eigenvalue weighted by molar-refractivity contribution is 5.86. The first-order valence-corrected chi connectivity index (χ1v) is 6.09. The highest BCUT2D eigenvalue weighted by Gasteiger charge is 2.15. The molecule has 1 aromatic heterocycles. The molecule has 6 heteroatoms. The van der Waals surface area contributed by atoms with Gasteiger partial charge in [0.1, 0.15) is 5.76 Å². The van der Waals surface area contributed by atoms with Crippen molar-refractivity contribution in [3.05, 3.63) is 41.3 Å². The molecule has 0 amide bonds. The van der Waals surface area contributed by atoms with Crippen molar-refractivity contribution in [2.24, 2.45) is 0 Å². The Bertz CT molecular complexity index is 662. The number of hydrogen-bond donors (Lipinski definition) is 2. The fourth-order valence-electron chi connectivity index (χ4n) is 2.04. The Morgan fingerprint density at radius 1 is 1.30 bits per heavy atom. The van der Waals surface area contributed by atoms with Crippen molar-refractivity contribution in [1.82, 2.24) is 0 Å². The van der Waals surface area contributed by atoms with E-state index < -0.39 is 5.97 Å². The highest BCUT2D eigenvalue weighted by Crippen LogP contribution is 2.34. The fourth-order valence-corrected chi connectivity index (χ4v) is 2.04. The summed E-state index contributed by atoms with van der Waals surface area (Å²) in [6.45, 7) is 2.34. The van der Waals surface area contributed by atoms with E-state index in [0.29, 0.717) is 23.6 Å². The Morgan fingerprint density at radius 3 is 2.85 bits per heavy atom. The zero-order valence-corrected chi connectivity index (χ0v) is 10.8. The summed E-state index contributed by atoms with van der Waals surface area (Å²) in [6.07, 6.45) is 0. The molecule has 0 unspecified atom stereocenters. The quantitative estimate of drug-likeness (QED) is 0.892. The highest BCUT2D eigenvalue weighted by atomic mass is 16.7. The topological polar surface area (TPSA) is 80.9 Å². The van der Waals surface area contributed by atoms with Gasteiger partial charge < -0.3 is 24.3 Å². The van der Waals surface area contributed by atoms with Crippen LogP contribution in [0, 0.1) is 6.92 Å². The zero-order valence-electron chi connectivity index (χ0n) is 10.8. The largest absolute Gasteiger partial charge is 0.475 e. The molecular formula is C14H13NO5. The third-order valence-electron chi connectivity index (χ3n) is 3.00. The summed E-state index contributed by atoms with van der Waals surface area (Å²) in [7, 11) is 0. The van der Waals surface area contributed by atoms with Crippen LogP contribution in [-0.4, -0.2) is 17.9 Å². The van der Waals surface area contributed by atoms with Crippen molar-refractivity contribution >= 4 is 11.7 Å². The van der Waals surface area contributed by atoms with Gasteiger partial charge in [-0.05, 0) is 25.1 Å². The second kappa shape index (κ2) is 4.80. The van der Waals surface area contributed by atoms with Crippen LogP contribution in [0.15, 0.2) is 28.7 Å². The minimum Gasteiger partial charge on any atom is -0.475 e. The van der Waals surface area contributed by atoms with Crippen molar-refractivity contribution in [2.75, 3.05) is 12.1 Å². The molecule has 1 aliphatic heterocycles. The third-order valence-corrected chi connectivity index (χ3v) is 3.00. The number of furan rings is 1. The van der Waals surface area contributed by atoms with Crippen molar-refractivity contribution < 1.29 is 23.8 Å². The van der Waals surface area contributed by atoms with Crippen LogP contribution in [0.25, 0.3) is 0 Å². The van der Waals surface area contributed by atoms with Crippen LogP contribution in [0.5, 0.6) is 11.5 Å². The van der Waals surface area contributed by atoms with Crippen LogP contribution in [-0.2, 0) is 6.54 Å². The number of aromatic carboxylic acids is 1. The Morgan fingerprint density at radius 2 is 2.10 bits per heavy atom. The molecular weight excluding hydrogens is 262 g/mol. The molecule has 0 atom stereocenters. The molecule has 6 nitrogen and oxygen atoms in total. The van der Waals surface area contributed by atoms with E-state index in [1.807, 2.05) is 18.2 Å². The molecule has 0 radical (unpaired) electrons. The number of ether oxygens (including phenoxy) is 2. The van der Waals surface area contributed by atoms with Gasteiger partial charge in [0.2, 0.25) is 12.6 Å². The van der Waals surface area contributed by atoms with Crippen molar-refractivity contribution in [1.29, 1.82) is 0 Å². The molecule has 2 aromatic rings. The fraction of sp³-hybridized carbons (Fsp3) is 0.214. The maximum Gasteiger partial charge on any atom is 0.372 e. The monoisotopic (exact) mass is 275 g/mol. The van der Waals surface area contributed by atoms with Gasteiger partial charge in [-0.1, -0.05) is 0 Å². The minimum atomic E-state index is -1.06. The predicted molar refractivity (Wildman–Crippen MR) is 70.3 cm³/mol. The first kappa shape index (κ1) is 12.4. The van der Waals surface area contributed by atoms with Crippen molar-refractivity contribution in [3.63, 3.8) is 0 Å². The molecule has 1 aliphatic rings. The van der Waals surface area contributed by atoms with Crippen molar-refractivity contribution in [2.45, 2.75) is 13.5 Å². The molecule has 0 bridgehead atoms. The molecule has 2 heterocycles. The summed E-state index contributed by atoms with van der Waals surface area (Å²) in [5, 5.41) is 12.1. The van der Waals surface area contributed by atoms with E-state index in [1.165, 1.54) is 0 Å². The molecule has 0 spiro atoms. The van der Waals surface area contributed by atoms with Crippen LogP contribution in [0.1, 0.15) is 21.9 Å². The van der Waals surface area contributed by atoms with E-state index >= 15 is 0 Å². The number of carbonyl (C=O) groups is 1. The van der Waals surface area contributed by atoms with E-state index in [2.05, 4.69) is 5.32 Å². The van der Waals surface area contributed by atoms with Crippen LogP contribution >= 0.6 is 0 Å². The van der Waals surface area contributed by atoms with Crippen LogP contribution in [0.3, 0.4) is 0 Å². The van der Waals surface area contributed by atoms with Gasteiger partial charge in [-0.3, -0.25) is 0 Å². The maximum atomic E-state index is 10.9. The van der Waals surface area contributed by atoms with Crippen LogP contribution in [0.2, 0.25) is 0 Å². The molecule has 2 N–H and O–H groups in total. The van der Waals surface area contributed by atoms with Crippen molar-refractivity contribution in [3.8, 4) is 11.5 Å². The summed E-state index contributed by atoms with van der Waals surface area (Å²) < 4.78 is 15.8. The number of nitrogens with one attached hydrogen (secondary N) is 1. The summed E-state index contributed by atoms with van der Waals surface area (Å²) in [5.74, 6) is 0.899.